The Labute approximate surface area is 160 Å². The van der Waals surface area contributed by atoms with Gasteiger partial charge in [-0.05, 0) is 38.3 Å². The van der Waals surface area contributed by atoms with Gasteiger partial charge < -0.3 is 14.0 Å². The number of carbonyl (C=O) groups excluding carboxylic acids is 4. The van der Waals surface area contributed by atoms with Crippen molar-refractivity contribution in [3.05, 3.63) is 45.4 Å². The molecule has 0 unspecified atom stereocenters. The largest absolute Gasteiger partial charge is 0.462 e. The summed E-state index contributed by atoms with van der Waals surface area (Å²) in [5.74, 6) is -2.38. The molecule has 2 amide bonds. The molecule has 0 saturated heterocycles. The first-order valence-electron chi connectivity index (χ1n) is 8.20. The van der Waals surface area contributed by atoms with Crippen molar-refractivity contribution in [1.82, 2.24) is 9.88 Å². The minimum atomic E-state index is -0.713. The van der Waals surface area contributed by atoms with Crippen LogP contribution in [0.5, 0.6) is 0 Å². The van der Waals surface area contributed by atoms with Gasteiger partial charge in [0, 0.05) is 11.4 Å². The number of hydrogen-bond donors (Lipinski definition) is 1. The normalized spacial score (nSPS) is 10.3. The van der Waals surface area contributed by atoms with E-state index in [2.05, 4.69) is 5.32 Å². The minimum Gasteiger partial charge on any atom is -0.462 e. The lowest BCUT2D eigenvalue weighted by Gasteiger charge is -2.10. The van der Waals surface area contributed by atoms with Crippen LogP contribution < -0.4 is 5.32 Å². The molecule has 2 aromatic heterocycles. The number of hydrogen-bond acceptors (Lipinski definition) is 7. The Morgan fingerprint density at radius 3 is 2.56 bits per heavy atom. The molecule has 27 heavy (non-hydrogen) atoms. The molecule has 1 N–H and O–H groups in total. The second-order valence-electron chi connectivity index (χ2n) is 5.61. The Bertz CT molecular complexity index is 854. The van der Waals surface area contributed by atoms with Crippen molar-refractivity contribution >= 4 is 35.1 Å². The average molecular weight is 392 g/mol. The zero-order valence-electron chi connectivity index (χ0n) is 15.2. The van der Waals surface area contributed by atoms with Gasteiger partial charge in [0.15, 0.2) is 6.61 Å². The van der Waals surface area contributed by atoms with Crippen molar-refractivity contribution in [3.8, 4) is 0 Å². The Hall–Kier alpha value is -2.94. The number of imide groups is 1. The van der Waals surface area contributed by atoms with Gasteiger partial charge in [0.1, 0.15) is 6.54 Å². The highest BCUT2D eigenvalue weighted by Gasteiger charge is 2.19. The number of ether oxygens (including phenoxy) is 2. The minimum absolute atomic E-state index is 0.163. The molecule has 2 heterocycles. The van der Waals surface area contributed by atoms with E-state index < -0.39 is 30.4 Å². The summed E-state index contributed by atoms with van der Waals surface area (Å²) in [6.07, 6.45) is 0. The third kappa shape index (κ3) is 5.27. The monoisotopic (exact) mass is 392 g/mol. The molecule has 0 aromatic carbocycles. The molecular formula is C18H20N2O6S. The summed E-state index contributed by atoms with van der Waals surface area (Å²) in [6.45, 7) is 4.67. The first-order valence-corrected chi connectivity index (χ1v) is 9.08. The molecule has 0 spiro atoms. The molecule has 0 fully saturated rings. The summed E-state index contributed by atoms with van der Waals surface area (Å²) in [7, 11) is 0. The zero-order valence-corrected chi connectivity index (χ0v) is 16.1. The van der Waals surface area contributed by atoms with Crippen LogP contribution >= 0.6 is 11.3 Å². The molecule has 144 valence electrons. The predicted octanol–water partition coefficient (Wildman–Crippen LogP) is 1.84. The zero-order chi connectivity index (χ0) is 20.0. The molecule has 9 heteroatoms. The smallest absolute Gasteiger partial charge is 0.339 e. The van der Waals surface area contributed by atoms with Crippen LogP contribution in [0.1, 0.15) is 38.3 Å². The number of aromatic nitrogens is 1. The quantitative estimate of drug-likeness (QED) is 0.721. The van der Waals surface area contributed by atoms with Crippen LogP contribution in [0.4, 0.5) is 0 Å². The summed E-state index contributed by atoms with van der Waals surface area (Å²) in [6, 6.07) is 4.90. The number of nitrogens with zero attached hydrogens (tertiary/aromatic N) is 1. The lowest BCUT2D eigenvalue weighted by molar-refractivity contribution is -0.148. The maximum absolute atomic E-state index is 12.0. The van der Waals surface area contributed by atoms with Crippen molar-refractivity contribution in [2.45, 2.75) is 27.3 Å². The molecule has 8 nitrogen and oxygen atoms in total. The lowest BCUT2D eigenvalue weighted by Crippen LogP contribution is -2.34. The first kappa shape index (κ1) is 20.4. The first-order chi connectivity index (χ1) is 12.8. The van der Waals surface area contributed by atoms with Crippen LogP contribution in [-0.4, -0.2) is 41.5 Å². The summed E-state index contributed by atoms with van der Waals surface area (Å²) in [5.41, 5.74) is 1.63. The molecule has 2 rings (SSSR count). The third-order valence-corrected chi connectivity index (χ3v) is 4.59. The lowest BCUT2D eigenvalue weighted by atomic mass is 10.2. The second-order valence-corrected chi connectivity index (χ2v) is 6.55. The van der Waals surface area contributed by atoms with Crippen molar-refractivity contribution in [1.29, 1.82) is 0 Å². The van der Waals surface area contributed by atoms with Gasteiger partial charge in [-0.25, -0.2) is 4.79 Å². The van der Waals surface area contributed by atoms with E-state index in [9.17, 15) is 19.2 Å². The van der Waals surface area contributed by atoms with Gasteiger partial charge >= 0.3 is 11.9 Å². The maximum Gasteiger partial charge on any atom is 0.339 e. The third-order valence-electron chi connectivity index (χ3n) is 3.72. The van der Waals surface area contributed by atoms with E-state index in [1.807, 2.05) is 0 Å². The fourth-order valence-electron chi connectivity index (χ4n) is 2.41. The number of amides is 2. The van der Waals surface area contributed by atoms with Crippen molar-refractivity contribution in [3.63, 3.8) is 0 Å². The van der Waals surface area contributed by atoms with Crippen LogP contribution in [0.25, 0.3) is 0 Å². The van der Waals surface area contributed by atoms with Gasteiger partial charge in [0.25, 0.3) is 11.8 Å². The van der Waals surface area contributed by atoms with Crippen LogP contribution in [0.3, 0.4) is 0 Å². The Balaban J connectivity index is 1.89. The standard InChI is InChI=1S/C18H20N2O6S/c1-4-25-18(24)13-8-11(2)20(12(13)3)9-16(22)26-10-15(21)19-17(23)14-6-5-7-27-14/h5-8H,4,9-10H2,1-3H3,(H,19,21,23). The van der Waals surface area contributed by atoms with E-state index in [-0.39, 0.29) is 13.2 Å². The predicted molar refractivity (Wildman–Crippen MR) is 97.6 cm³/mol. The molecule has 0 radical (unpaired) electrons. The molecule has 2 aromatic rings. The molecule has 0 saturated carbocycles. The van der Waals surface area contributed by atoms with Gasteiger partial charge in [-0.2, -0.15) is 0 Å². The highest BCUT2D eigenvalue weighted by molar-refractivity contribution is 7.12. The molecule has 0 aliphatic carbocycles. The molecule has 0 aliphatic rings. The van der Waals surface area contributed by atoms with E-state index in [1.165, 1.54) is 11.3 Å². The highest BCUT2D eigenvalue weighted by atomic mass is 32.1. The Morgan fingerprint density at radius 1 is 1.19 bits per heavy atom. The number of rotatable bonds is 7. The van der Waals surface area contributed by atoms with Crippen molar-refractivity contribution in [2.75, 3.05) is 13.2 Å². The average Bonchev–Trinajstić information content (AvgIpc) is 3.24. The van der Waals surface area contributed by atoms with E-state index in [4.69, 9.17) is 9.47 Å². The molecule has 0 bridgehead atoms. The van der Waals surface area contributed by atoms with E-state index in [1.54, 1.807) is 48.9 Å². The fourth-order valence-corrected chi connectivity index (χ4v) is 3.03. The maximum atomic E-state index is 12.0. The summed E-state index contributed by atoms with van der Waals surface area (Å²) >= 11 is 1.20. The van der Waals surface area contributed by atoms with Crippen LogP contribution in [0.2, 0.25) is 0 Å². The van der Waals surface area contributed by atoms with Crippen LogP contribution in [0.15, 0.2) is 23.6 Å². The molecule has 0 atom stereocenters. The van der Waals surface area contributed by atoms with Gasteiger partial charge in [-0.1, -0.05) is 6.07 Å². The summed E-state index contributed by atoms with van der Waals surface area (Å²) in [4.78, 5) is 47.8. The second kappa shape index (κ2) is 9.13. The molecule has 0 aliphatic heterocycles. The number of esters is 2. The number of nitrogens with one attached hydrogen (secondary N) is 1. The Morgan fingerprint density at radius 2 is 1.93 bits per heavy atom. The van der Waals surface area contributed by atoms with Crippen LogP contribution in [-0.2, 0) is 25.6 Å². The highest BCUT2D eigenvalue weighted by Crippen LogP contribution is 2.16. The van der Waals surface area contributed by atoms with Gasteiger partial charge in [-0.15, -0.1) is 11.3 Å². The topological polar surface area (TPSA) is 104 Å². The van der Waals surface area contributed by atoms with Gasteiger partial charge in [0.2, 0.25) is 0 Å². The Kier molecular flexibility index (Phi) is 6.89. The number of carbonyl (C=O) groups is 4. The number of aryl methyl sites for hydroxylation is 1. The SMILES string of the molecule is CCOC(=O)c1cc(C)n(CC(=O)OCC(=O)NC(=O)c2cccs2)c1C. The molecular weight excluding hydrogens is 372 g/mol. The van der Waals surface area contributed by atoms with E-state index >= 15 is 0 Å². The van der Waals surface area contributed by atoms with Crippen molar-refractivity contribution in [2.24, 2.45) is 0 Å². The van der Waals surface area contributed by atoms with Crippen LogP contribution in [0, 0.1) is 13.8 Å². The number of thiophene rings is 1. The van der Waals surface area contributed by atoms with E-state index in [0.29, 0.717) is 21.8 Å². The fraction of sp³-hybridized carbons (Fsp3) is 0.333. The van der Waals surface area contributed by atoms with Crippen molar-refractivity contribution < 1.29 is 28.7 Å². The summed E-state index contributed by atoms with van der Waals surface area (Å²) < 4.78 is 11.5. The van der Waals surface area contributed by atoms with E-state index in [0.717, 1.165) is 0 Å². The van der Waals surface area contributed by atoms with Gasteiger partial charge in [0.05, 0.1) is 17.0 Å². The summed E-state index contributed by atoms with van der Waals surface area (Å²) in [5, 5.41) is 3.86. The van der Waals surface area contributed by atoms with Gasteiger partial charge in [-0.3, -0.25) is 19.7 Å².